The molecule has 4 aromatic rings. The van der Waals surface area contributed by atoms with Gasteiger partial charge in [0.2, 0.25) is 0 Å². The van der Waals surface area contributed by atoms with Gasteiger partial charge in [-0.3, -0.25) is 14.3 Å². The predicted octanol–water partition coefficient (Wildman–Crippen LogP) is 5.20. The lowest BCUT2D eigenvalue weighted by molar-refractivity contribution is -0.0917. The van der Waals surface area contributed by atoms with Gasteiger partial charge in [0, 0.05) is 23.6 Å². The van der Waals surface area contributed by atoms with E-state index in [-0.39, 0.29) is 23.5 Å². The molecule has 6 atom stereocenters. The minimum atomic E-state index is -0.912. The van der Waals surface area contributed by atoms with Crippen LogP contribution in [-0.4, -0.2) is 29.4 Å². The number of nitrogens with zero attached hydrogens (tertiary/aromatic N) is 1. The minimum Gasteiger partial charge on any atom is -0.497 e. The Hall–Kier alpha value is -4.20. The van der Waals surface area contributed by atoms with Crippen molar-refractivity contribution in [1.82, 2.24) is 9.55 Å². The SMILES string of the molecule is COc1ccc(C(OC[C@H]2O[C@@H](n3cc(C)c(=O)[nH]c3=O)[C@H]3[C@@H]2[C@@H]2C=C[C@H]3C2)(c2ccccc2)c2ccccc2)cc1. The van der Waals surface area contributed by atoms with Gasteiger partial charge in [0.25, 0.3) is 5.56 Å². The number of aromatic nitrogens is 2. The molecule has 0 unspecified atom stereocenters. The summed E-state index contributed by atoms with van der Waals surface area (Å²) in [6.45, 7) is 2.03. The van der Waals surface area contributed by atoms with Crippen molar-refractivity contribution in [2.75, 3.05) is 13.7 Å². The molecule has 2 aliphatic carbocycles. The Balaban J connectivity index is 1.30. The normalized spacial score (nSPS) is 26.0. The summed E-state index contributed by atoms with van der Waals surface area (Å²) in [7, 11) is 1.66. The number of benzene rings is 3. The first-order valence-electron chi connectivity index (χ1n) is 14.5. The van der Waals surface area contributed by atoms with Gasteiger partial charge < -0.3 is 14.2 Å². The second-order valence-corrected chi connectivity index (χ2v) is 11.6. The third-order valence-electron chi connectivity index (χ3n) is 9.40. The van der Waals surface area contributed by atoms with Crippen LogP contribution < -0.4 is 16.0 Å². The van der Waals surface area contributed by atoms with Crippen LogP contribution >= 0.6 is 0 Å². The zero-order valence-electron chi connectivity index (χ0n) is 23.7. The second-order valence-electron chi connectivity index (χ2n) is 11.6. The number of allylic oxidation sites excluding steroid dienone is 2. The highest BCUT2D eigenvalue weighted by Crippen LogP contribution is 2.58. The lowest BCUT2D eigenvalue weighted by Crippen LogP contribution is -2.38. The second kappa shape index (κ2) is 10.6. The Morgan fingerprint density at radius 1 is 0.857 bits per heavy atom. The highest BCUT2D eigenvalue weighted by atomic mass is 16.6. The van der Waals surface area contributed by atoms with E-state index in [1.54, 1.807) is 24.8 Å². The molecule has 7 rings (SSSR count). The number of aryl methyl sites for hydroxylation is 1. The van der Waals surface area contributed by atoms with Crippen LogP contribution in [-0.2, 0) is 15.1 Å². The number of fused-ring (bicyclic) bond motifs is 5. The van der Waals surface area contributed by atoms with Crippen LogP contribution in [0.3, 0.4) is 0 Å². The molecule has 42 heavy (non-hydrogen) atoms. The summed E-state index contributed by atoms with van der Waals surface area (Å²) in [5.41, 5.74) is 1.76. The molecule has 1 aromatic heterocycles. The largest absolute Gasteiger partial charge is 0.497 e. The van der Waals surface area contributed by atoms with Crippen molar-refractivity contribution in [2.24, 2.45) is 23.7 Å². The number of aromatic amines is 1. The summed E-state index contributed by atoms with van der Waals surface area (Å²) in [6.07, 6.45) is 6.53. The first kappa shape index (κ1) is 26.7. The van der Waals surface area contributed by atoms with E-state index in [0.717, 1.165) is 28.9 Å². The lowest BCUT2D eigenvalue weighted by Gasteiger charge is -2.37. The zero-order chi connectivity index (χ0) is 28.8. The van der Waals surface area contributed by atoms with Crippen molar-refractivity contribution in [3.63, 3.8) is 0 Å². The number of H-pyrrole nitrogens is 1. The van der Waals surface area contributed by atoms with Crippen LogP contribution in [0.15, 0.2) is 113 Å². The molecule has 1 saturated carbocycles. The van der Waals surface area contributed by atoms with E-state index in [1.165, 1.54) is 0 Å². The van der Waals surface area contributed by atoms with E-state index < -0.39 is 17.5 Å². The fraction of sp³-hybridized carbons (Fsp3) is 0.314. The Morgan fingerprint density at radius 3 is 2.07 bits per heavy atom. The monoisotopic (exact) mass is 562 g/mol. The standard InChI is InChI=1S/C35H34N2O5/c1-22-20-37(34(39)36-32(22)38)33-31-24-14-13-23(19-24)30(31)29(42-33)21-41-35(25-9-5-3-6-10-25,26-11-7-4-8-12-26)27-15-17-28(40-2)18-16-27/h3-18,20,23-24,29-31,33H,19,21H2,1-2H3,(H,36,38,39)/t23-,24+,29-,30-,31-,33-/m1/s1. The van der Waals surface area contributed by atoms with Crippen molar-refractivity contribution in [3.8, 4) is 5.75 Å². The van der Waals surface area contributed by atoms with E-state index >= 15 is 0 Å². The predicted molar refractivity (Wildman–Crippen MR) is 159 cm³/mol. The van der Waals surface area contributed by atoms with Crippen LogP contribution in [0.1, 0.15) is 34.9 Å². The molecule has 0 spiro atoms. The molecule has 2 bridgehead atoms. The first-order valence-corrected chi connectivity index (χ1v) is 14.5. The maximum Gasteiger partial charge on any atom is 0.330 e. The number of ether oxygens (including phenoxy) is 3. The smallest absolute Gasteiger partial charge is 0.330 e. The quantitative estimate of drug-likeness (QED) is 0.236. The number of methoxy groups -OCH3 is 1. The van der Waals surface area contributed by atoms with E-state index in [0.29, 0.717) is 24.0 Å². The van der Waals surface area contributed by atoms with E-state index in [2.05, 4.69) is 53.5 Å². The van der Waals surface area contributed by atoms with Gasteiger partial charge in [-0.1, -0.05) is 84.9 Å². The minimum absolute atomic E-state index is 0.125. The highest BCUT2D eigenvalue weighted by molar-refractivity contribution is 5.48. The van der Waals surface area contributed by atoms with Crippen LogP contribution in [0.25, 0.3) is 0 Å². The fourth-order valence-electron chi connectivity index (χ4n) is 7.49. The van der Waals surface area contributed by atoms with E-state index in [4.69, 9.17) is 14.2 Å². The van der Waals surface area contributed by atoms with Gasteiger partial charge >= 0.3 is 5.69 Å². The molecule has 214 valence electrons. The average molecular weight is 563 g/mol. The molecular weight excluding hydrogens is 528 g/mol. The van der Waals surface area contributed by atoms with Crippen LogP contribution in [0.4, 0.5) is 0 Å². The third kappa shape index (κ3) is 4.27. The molecule has 1 N–H and O–H groups in total. The van der Waals surface area contributed by atoms with Crippen molar-refractivity contribution in [3.05, 3.63) is 146 Å². The summed E-state index contributed by atoms with van der Waals surface area (Å²) in [5.74, 6) is 1.78. The number of rotatable bonds is 8. The third-order valence-corrected chi connectivity index (χ3v) is 9.40. The molecule has 2 fully saturated rings. The molecule has 0 amide bonds. The molecule has 2 heterocycles. The molecule has 1 saturated heterocycles. The zero-order valence-corrected chi connectivity index (χ0v) is 23.7. The maximum atomic E-state index is 13.0. The Bertz CT molecular complexity index is 1670. The van der Waals surface area contributed by atoms with Gasteiger partial charge in [-0.25, -0.2) is 4.79 Å². The number of hydrogen-bond donors (Lipinski definition) is 1. The van der Waals surface area contributed by atoms with Crippen LogP contribution in [0.2, 0.25) is 0 Å². The summed E-state index contributed by atoms with van der Waals surface area (Å²) in [6, 6.07) is 28.6. The van der Waals surface area contributed by atoms with Crippen molar-refractivity contribution < 1.29 is 14.2 Å². The van der Waals surface area contributed by atoms with Gasteiger partial charge in [-0.05, 0) is 54.0 Å². The van der Waals surface area contributed by atoms with E-state index in [9.17, 15) is 9.59 Å². The summed E-state index contributed by atoms with van der Waals surface area (Å²) < 4.78 is 21.0. The topological polar surface area (TPSA) is 82.6 Å². The van der Waals surface area contributed by atoms with Gasteiger partial charge in [-0.2, -0.15) is 0 Å². The van der Waals surface area contributed by atoms with Crippen molar-refractivity contribution in [2.45, 2.75) is 31.3 Å². The number of nitrogens with one attached hydrogen (secondary N) is 1. The van der Waals surface area contributed by atoms with Gasteiger partial charge in [0.1, 0.15) is 17.6 Å². The summed E-state index contributed by atoms with van der Waals surface area (Å²) in [5, 5.41) is 0. The first-order chi connectivity index (χ1) is 20.5. The van der Waals surface area contributed by atoms with Crippen molar-refractivity contribution >= 4 is 0 Å². The van der Waals surface area contributed by atoms with E-state index in [1.807, 2.05) is 48.5 Å². The summed E-state index contributed by atoms with van der Waals surface area (Å²) in [4.78, 5) is 27.6. The Kier molecular flexibility index (Phi) is 6.72. The molecular formula is C35H34N2O5. The Labute approximate surface area is 244 Å². The fourth-order valence-corrected chi connectivity index (χ4v) is 7.49. The highest BCUT2D eigenvalue weighted by Gasteiger charge is 2.58. The molecule has 7 heteroatoms. The van der Waals surface area contributed by atoms with Gasteiger partial charge in [-0.15, -0.1) is 0 Å². The van der Waals surface area contributed by atoms with Crippen LogP contribution in [0.5, 0.6) is 5.75 Å². The maximum absolute atomic E-state index is 13.0. The molecule has 7 nitrogen and oxygen atoms in total. The van der Waals surface area contributed by atoms with Crippen molar-refractivity contribution in [1.29, 1.82) is 0 Å². The van der Waals surface area contributed by atoms with Crippen LogP contribution in [0, 0.1) is 30.6 Å². The van der Waals surface area contributed by atoms with Gasteiger partial charge in [0.15, 0.2) is 0 Å². The lowest BCUT2D eigenvalue weighted by atomic mass is 9.79. The molecule has 1 aliphatic heterocycles. The average Bonchev–Trinajstić information content (AvgIpc) is 3.75. The molecule has 0 radical (unpaired) electrons. The number of hydrogen-bond acceptors (Lipinski definition) is 5. The summed E-state index contributed by atoms with van der Waals surface area (Å²) >= 11 is 0. The molecule has 3 aliphatic rings. The Morgan fingerprint density at radius 2 is 1.45 bits per heavy atom. The molecule has 3 aromatic carbocycles. The van der Waals surface area contributed by atoms with Gasteiger partial charge in [0.05, 0.1) is 19.8 Å².